The Balaban J connectivity index is 1.99. The Bertz CT molecular complexity index is 501. The lowest BCUT2D eigenvalue weighted by atomic mass is 10.2. The third-order valence-corrected chi connectivity index (χ3v) is 3.92. The number of hydrogen-bond acceptors (Lipinski definition) is 4. The maximum atomic E-state index is 4.21. The summed E-state index contributed by atoms with van der Waals surface area (Å²) >= 11 is 1.83. The molecule has 2 rings (SSSR count). The maximum Gasteiger partial charge on any atom is 0.149 e. The number of nitrogens with one attached hydrogen (secondary N) is 1. The van der Waals surface area contributed by atoms with Gasteiger partial charge >= 0.3 is 0 Å². The molecule has 0 aromatic carbocycles. The van der Waals surface area contributed by atoms with Crippen molar-refractivity contribution < 1.29 is 0 Å². The summed E-state index contributed by atoms with van der Waals surface area (Å²) in [6.07, 6.45) is 1.80. The van der Waals surface area contributed by atoms with Crippen LogP contribution in [0.4, 0.5) is 0 Å². The summed E-state index contributed by atoms with van der Waals surface area (Å²) < 4.78 is 2.11. The van der Waals surface area contributed by atoms with Gasteiger partial charge < -0.3 is 9.88 Å². The fourth-order valence-electron chi connectivity index (χ4n) is 1.88. The predicted molar refractivity (Wildman–Crippen MR) is 74.7 cm³/mol. The summed E-state index contributed by atoms with van der Waals surface area (Å²) in [6.45, 7) is 9.42. The van der Waals surface area contributed by atoms with Crippen molar-refractivity contribution in [3.05, 3.63) is 34.0 Å². The SMILES string of the molecule is Cc1ccc(CNC(C)c2nncn2C(C)C)s1. The number of nitrogens with zero attached hydrogens (tertiary/aromatic N) is 3. The number of hydrogen-bond donors (Lipinski definition) is 1. The Labute approximate surface area is 112 Å². The molecule has 0 amide bonds. The topological polar surface area (TPSA) is 42.7 Å². The van der Waals surface area contributed by atoms with E-state index in [4.69, 9.17) is 0 Å². The molecule has 1 atom stereocenters. The molecule has 0 saturated carbocycles. The van der Waals surface area contributed by atoms with E-state index in [9.17, 15) is 0 Å². The van der Waals surface area contributed by atoms with Crippen molar-refractivity contribution in [2.75, 3.05) is 0 Å². The molecule has 18 heavy (non-hydrogen) atoms. The van der Waals surface area contributed by atoms with E-state index < -0.39 is 0 Å². The molecular weight excluding hydrogens is 244 g/mol. The first-order valence-electron chi connectivity index (χ1n) is 6.26. The summed E-state index contributed by atoms with van der Waals surface area (Å²) in [5.74, 6) is 0.998. The van der Waals surface area contributed by atoms with Gasteiger partial charge in [-0.15, -0.1) is 21.5 Å². The van der Waals surface area contributed by atoms with E-state index >= 15 is 0 Å². The summed E-state index contributed by atoms with van der Waals surface area (Å²) in [7, 11) is 0. The highest BCUT2D eigenvalue weighted by Crippen LogP contribution is 2.18. The minimum absolute atomic E-state index is 0.206. The van der Waals surface area contributed by atoms with Crippen LogP contribution in [0.15, 0.2) is 18.5 Å². The van der Waals surface area contributed by atoms with Crippen LogP contribution in [0.1, 0.15) is 48.4 Å². The van der Waals surface area contributed by atoms with Crippen molar-refractivity contribution in [3.63, 3.8) is 0 Å². The zero-order valence-electron chi connectivity index (χ0n) is 11.3. The zero-order chi connectivity index (χ0) is 13.1. The van der Waals surface area contributed by atoms with Crippen molar-refractivity contribution in [1.82, 2.24) is 20.1 Å². The first-order chi connectivity index (χ1) is 8.58. The second-order valence-corrected chi connectivity index (χ2v) is 6.18. The summed E-state index contributed by atoms with van der Waals surface area (Å²) in [5, 5.41) is 11.7. The zero-order valence-corrected chi connectivity index (χ0v) is 12.2. The van der Waals surface area contributed by atoms with E-state index in [1.807, 2.05) is 11.3 Å². The third kappa shape index (κ3) is 2.97. The first kappa shape index (κ1) is 13.2. The van der Waals surface area contributed by atoms with E-state index in [-0.39, 0.29) is 6.04 Å². The molecule has 0 aliphatic rings. The van der Waals surface area contributed by atoms with Crippen LogP contribution in [-0.2, 0) is 6.54 Å². The highest BCUT2D eigenvalue weighted by atomic mass is 32.1. The lowest BCUT2D eigenvalue weighted by Gasteiger charge is -2.16. The molecule has 0 bridgehead atoms. The average molecular weight is 264 g/mol. The van der Waals surface area contributed by atoms with Crippen LogP contribution in [0.2, 0.25) is 0 Å². The Morgan fingerprint density at radius 3 is 2.72 bits per heavy atom. The summed E-state index contributed by atoms with van der Waals surface area (Å²) in [5.41, 5.74) is 0. The van der Waals surface area contributed by atoms with Crippen molar-refractivity contribution in [1.29, 1.82) is 0 Å². The van der Waals surface area contributed by atoms with Crippen LogP contribution in [0.25, 0.3) is 0 Å². The number of rotatable bonds is 5. The molecule has 5 heteroatoms. The van der Waals surface area contributed by atoms with E-state index in [2.05, 4.69) is 59.9 Å². The lowest BCUT2D eigenvalue weighted by molar-refractivity contribution is 0.485. The molecule has 1 N–H and O–H groups in total. The van der Waals surface area contributed by atoms with Crippen LogP contribution in [0, 0.1) is 6.92 Å². The van der Waals surface area contributed by atoms with Crippen LogP contribution in [0.5, 0.6) is 0 Å². The van der Waals surface area contributed by atoms with Gasteiger partial charge in [-0.05, 0) is 39.8 Å². The van der Waals surface area contributed by atoms with E-state index in [1.165, 1.54) is 9.75 Å². The number of thiophene rings is 1. The Kier molecular flexibility index (Phi) is 4.14. The smallest absolute Gasteiger partial charge is 0.149 e. The minimum atomic E-state index is 0.206. The van der Waals surface area contributed by atoms with Gasteiger partial charge in [0.2, 0.25) is 0 Å². The number of aryl methyl sites for hydroxylation is 1. The Morgan fingerprint density at radius 2 is 2.11 bits per heavy atom. The molecule has 0 aliphatic heterocycles. The van der Waals surface area contributed by atoms with Crippen LogP contribution < -0.4 is 5.32 Å². The first-order valence-corrected chi connectivity index (χ1v) is 7.07. The highest BCUT2D eigenvalue weighted by molar-refractivity contribution is 7.11. The van der Waals surface area contributed by atoms with Gasteiger partial charge in [0.1, 0.15) is 12.2 Å². The molecule has 0 spiro atoms. The molecule has 4 nitrogen and oxygen atoms in total. The van der Waals surface area contributed by atoms with Gasteiger partial charge in [-0.25, -0.2) is 0 Å². The molecule has 2 aromatic heterocycles. The molecule has 0 aliphatic carbocycles. The van der Waals surface area contributed by atoms with Crippen LogP contribution in [-0.4, -0.2) is 14.8 Å². The van der Waals surface area contributed by atoms with Crippen molar-refractivity contribution in [2.24, 2.45) is 0 Å². The normalized spacial score (nSPS) is 13.2. The van der Waals surface area contributed by atoms with Crippen molar-refractivity contribution in [2.45, 2.75) is 46.3 Å². The van der Waals surface area contributed by atoms with E-state index in [0.717, 1.165) is 12.4 Å². The van der Waals surface area contributed by atoms with Crippen molar-refractivity contribution in [3.8, 4) is 0 Å². The molecule has 0 radical (unpaired) electrons. The van der Waals surface area contributed by atoms with Gasteiger partial charge in [0.05, 0.1) is 6.04 Å². The maximum absolute atomic E-state index is 4.21. The fourth-order valence-corrected chi connectivity index (χ4v) is 2.73. The summed E-state index contributed by atoms with van der Waals surface area (Å²) in [4.78, 5) is 2.71. The molecule has 0 saturated heterocycles. The molecule has 2 heterocycles. The van der Waals surface area contributed by atoms with Gasteiger partial charge in [0.25, 0.3) is 0 Å². The van der Waals surface area contributed by atoms with Gasteiger partial charge in [-0.1, -0.05) is 0 Å². The van der Waals surface area contributed by atoms with Gasteiger partial charge in [-0.3, -0.25) is 0 Å². The summed E-state index contributed by atoms with van der Waals surface area (Å²) in [6, 6.07) is 4.93. The van der Waals surface area contributed by atoms with Gasteiger partial charge in [-0.2, -0.15) is 0 Å². The second kappa shape index (κ2) is 5.63. The predicted octanol–water partition coefficient (Wildman–Crippen LogP) is 3.08. The van der Waals surface area contributed by atoms with E-state index in [0.29, 0.717) is 6.04 Å². The molecule has 0 fully saturated rings. The van der Waals surface area contributed by atoms with Gasteiger partial charge in [0.15, 0.2) is 0 Å². The molecule has 2 aromatic rings. The molecule has 98 valence electrons. The molecule has 1 unspecified atom stereocenters. The van der Waals surface area contributed by atoms with Crippen LogP contribution in [0.3, 0.4) is 0 Å². The lowest BCUT2D eigenvalue weighted by Crippen LogP contribution is -2.22. The van der Waals surface area contributed by atoms with E-state index in [1.54, 1.807) is 6.33 Å². The highest BCUT2D eigenvalue weighted by Gasteiger charge is 2.14. The Hall–Kier alpha value is -1.20. The second-order valence-electron chi connectivity index (χ2n) is 4.81. The fraction of sp³-hybridized carbons (Fsp3) is 0.538. The average Bonchev–Trinajstić information content (AvgIpc) is 2.94. The van der Waals surface area contributed by atoms with Crippen molar-refractivity contribution >= 4 is 11.3 Å². The minimum Gasteiger partial charge on any atom is -0.314 e. The number of aromatic nitrogens is 3. The quantitative estimate of drug-likeness (QED) is 0.902. The Morgan fingerprint density at radius 1 is 1.33 bits per heavy atom. The standard InChI is InChI=1S/C13H20N4S/c1-9(2)17-8-15-16-13(17)11(4)14-7-12-6-5-10(3)18-12/h5-6,8-9,11,14H,7H2,1-4H3. The van der Waals surface area contributed by atoms with Crippen LogP contribution >= 0.6 is 11.3 Å². The third-order valence-electron chi connectivity index (χ3n) is 2.92. The molecular formula is C13H20N4S. The monoisotopic (exact) mass is 264 g/mol. The van der Waals surface area contributed by atoms with Gasteiger partial charge in [0, 0.05) is 22.3 Å². The largest absolute Gasteiger partial charge is 0.314 e.